The Bertz CT molecular complexity index is 1010. The lowest BCUT2D eigenvalue weighted by Crippen LogP contribution is -2.38. The van der Waals surface area contributed by atoms with Crippen molar-refractivity contribution in [1.82, 2.24) is 5.32 Å². The molecule has 0 bridgehead atoms. The number of carbonyl (C=O) groups excluding carboxylic acids is 2. The second kappa shape index (κ2) is 11.1. The number of benzene rings is 2. The Kier molecular flexibility index (Phi) is 8.26. The molecule has 8 nitrogen and oxygen atoms in total. The van der Waals surface area contributed by atoms with Gasteiger partial charge >= 0.3 is 5.97 Å². The van der Waals surface area contributed by atoms with Crippen molar-refractivity contribution in [2.75, 3.05) is 50.2 Å². The Balaban J connectivity index is 1.82. The number of esters is 1. The molecule has 1 fully saturated rings. The first-order chi connectivity index (χ1) is 15.4. The largest absolute Gasteiger partial charge is 0.496 e. The van der Waals surface area contributed by atoms with E-state index in [4.69, 9.17) is 38.0 Å². The summed E-state index contributed by atoms with van der Waals surface area (Å²) >= 11 is 11.4. The second-order valence-corrected chi connectivity index (χ2v) is 7.65. The van der Waals surface area contributed by atoms with Crippen LogP contribution in [0.5, 0.6) is 5.75 Å². The molecule has 0 saturated carbocycles. The number of rotatable bonds is 6. The SMILES string of the molecule is CCOC(=O)c1ccc(N2CCOCC2)c(NC(=S)NC(=O)c2cc(Cl)ccc2OC)c1. The van der Waals surface area contributed by atoms with E-state index < -0.39 is 11.9 Å². The van der Waals surface area contributed by atoms with Crippen molar-refractivity contribution in [1.29, 1.82) is 0 Å². The van der Waals surface area contributed by atoms with E-state index in [2.05, 4.69) is 15.5 Å². The van der Waals surface area contributed by atoms with Gasteiger partial charge in [-0.25, -0.2) is 4.79 Å². The number of morpholine rings is 1. The van der Waals surface area contributed by atoms with Crippen molar-refractivity contribution >= 4 is 52.2 Å². The van der Waals surface area contributed by atoms with Gasteiger partial charge in [0, 0.05) is 18.1 Å². The van der Waals surface area contributed by atoms with Crippen LogP contribution in [0.3, 0.4) is 0 Å². The number of hydrogen-bond donors (Lipinski definition) is 2. The topological polar surface area (TPSA) is 89.1 Å². The van der Waals surface area contributed by atoms with E-state index in [1.807, 2.05) is 6.07 Å². The third-order valence-corrected chi connectivity index (χ3v) is 5.18. The minimum absolute atomic E-state index is 0.0625. The molecular weight excluding hydrogens is 454 g/mol. The van der Waals surface area contributed by atoms with Gasteiger partial charge in [0.15, 0.2) is 5.11 Å². The van der Waals surface area contributed by atoms with Gasteiger partial charge in [-0.3, -0.25) is 10.1 Å². The predicted molar refractivity (Wildman–Crippen MR) is 127 cm³/mol. The zero-order valence-corrected chi connectivity index (χ0v) is 19.3. The highest BCUT2D eigenvalue weighted by atomic mass is 35.5. The van der Waals surface area contributed by atoms with Crippen LogP contribution < -0.4 is 20.3 Å². The fourth-order valence-electron chi connectivity index (χ4n) is 3.24. The molecular formula is C22H24ClN3O5S. The molecule has 1 aliphatic rings. The lowest BCUT2D eigenvalue weighted by Gasteiger charge is -2.31. The molecule has 3 rings (SSSR count). The summed E-state index contributed by atoms with van der Waals surface area (Å²) in [5.41, 5.74) is 2.02. The molecule has 0 radical (unpaired) electrons. The summed E-state index contributed by atoms with van der Waals surface area (Å²) in [7, 11) is 1.46. The normalized spacial score (nSPS) is 13.3. The number of halogens is 1. The van der Waals surface area contributed by atoms with Crippen LogP contribution in [0.4, 0.5) is 11.4 Å². The summed E-state index contributed by atoms with van der Waals surface area (Å²) in [5, 5.41) is 6.12. The molecule has 1 aliphatic heterocycles. The van der Waals surface area contributed by atoms with Gasteiger partial charge in [-0.15, -0.1) is 0 Å². The van der Waals surface area contributed by atoms with Crippen molar-refractivity contribution in [2.45, 2.75) is 6.92 Å². The number of carbonyl (C=O) groups is 2. The van der Waals surface area contributed by atoms with Crippen LogP contribution in [0.15, 0.2) is 36.4 Å². The smallest absolute Gasteiger partial charge is 0.338 e. The Morgan fingerprint density at radius 3 is 2.62 bits per heavy atom. The predicted octanol–water partition coefficient (Wildman–Crippen LogP) is 3.49. The van der Waals surface area contributed by atoms with Gasteiger partial charge in [-0.1, -0.05) is 11.6 Å². The number of methoxy groups -OCH3 is 1. The fourth-order valence-corrected chi connectivity index (χ4v) is 3.61. The van der Waals surface area contributed by atoms with E-state index in [0.29, 0.717) is 48.3 Å². The van der Waals surface area contributed by atoms with E-state index in [-0.39, 0.29) is 17.3 Å². The molecule has 2 aromatic rings. The number of nitrogens with zero attached hydrogens (tertiary/aromatic N) is 1. The molecule has 2 N–H and O–H groups in total. The van der Waals surface area contributed by atoms with Gasteiger partial charge in [0.1, 0.15) is 5.75 Å². The molecule has 2 aromatic carbocycles. The minimum atomic E-state index is -0.476. The molecule has 0 aromatic heterocycles. The van der Waals surface area contributed by atoms with Crippen LogP contribution in [0.25, 0.3) is 0 Å². The summed E-state index contributed by atoms with van der Waals surface area (Å²) in [5.74, 6) is -0.549. The Morgan fingerprint density at radius 1 is 1.19 bits per heavy atom. The van der Waals surface area contributed by atoms with Gasteiger partial charge in [-0.05, 0) is 55.5 Å². The molecule has 1 saturated heterocycles. The Labute approximate surface area is 196 Å². The van der Waals surface area contributed by atoms with Crippen molar-refractivity contribution in [2.24, 2.45) is 0 Å². The van der Waals surface area contributed by atoms with E-state index >= 15 is 0 Å². The lowest BCUT2D eigenvalue weighted by atomic mass is 10.1. The number of anilines is 2. The van der Waals surface area contributed by atoms with Gasteiger partial charge in [0.05, 0.1) is 49.4 Å². The number of hydrogen-bond acceptors (Lipinski definition) is 7. The third-order valence-electron chi connectivity index (χ3n) is 4.74. The summed E-state index contributed by atoms with van der Waals surface area (Å²) in [6.45, 7) is 4.57. The molecule has 0 aliphatic carbocycles. The maximum atomic E-state index is 12.7. The monoisotopic (exact) mass is 477 g/mol. The molecule has 32 heavy (non-hydrogen) atoms. The zero-order valence-electron chi connectivity index (χ0n) is 17.8. The molecule has 10 heteroatoms. The third kappa shape index (κ3) is 5.87. The van der Waals surface area contributed by atoms with Crippen LogP contribution in [0.2, 0.25) is 5.02 Å². The van der Waals surface area contributed by atoms with Gasteiger partial charge in [0.25, 0.3) is 5.91 Å². The van der Waals surface area contributed by atoms with Gasteiger partial charge in [0.2, 0.25) is 0 Å². The molecule has 1 heterocycles. The number of ether oxygens (including phenoxy) is 3. The molecule has 0 atom stereocenters. The van der Waals surface area contributed by atoms with Crippen molar-refractivity contribution < 1.29 is 23.8 Å². The van der Waals surface area contributed by atoms with Crippen LogP contribution >= 0.6 is 23.8 Å². The average molecular weight is 478 g/mol. The molecule has 0 unspecified atom stereocenters. The van der Waals surface area contributed by atoms with Crippen LogP contribution in [0, 0.1) is 0 Å². The van der Waals surface area contributed by atoms with Crippen molar-refractivity contribution in [3.05, 3.63) is 52.5 Å². The number of nitrogens with one attached hydrogen (secondary N) is 2. The highest BCUT2D eigenvalue weighted by Gasteiger charge is 2.20. The van der Waals surface area contributed by atoms with Crippen LogP contribution in [-0.4, -0.2) is 57.0 Å². The van der Waals surface area contributed by atoms with Gasteiger partial charge in [-0.2, -0.15) is 0 Å². The molecule has 170 valence electrons. The van der Waals surface area contributed by atoms with E-state index in [1.54, 1.807) is 31.2 Å². The Hall–Kier alpha value is -2.88. The lowest BCUT2D eigenvalue weighted by molar-refractivity contribution is 0.0526. The molecule has 0 spiro atoms. The second-order valence-electron chi connectivity index (χ2n) is 6.80. The highest BCUT2D eigenvalue weighted by Crippen LogP contribution is 2.29. The van der Waals surface area contributed by atoms with Gasteiger partial charge < -0.3 is 24.4 Å². The summed E-state index contributed by atoms with van der Waals surface area (Å²) < 4.78 is 15.8. The molecule has 1 amide bonds. The summed E-state index contributed by atoms with van der Waals surface area (Å²) in [6, 6.07) is 9.91. The van der Waals surface area contributed by atoms with Crippen molar-refractivity contribution in [3.8, 4) is 5.75 Å². The van der Waals surface area contributed by atoms with Crippen LogP contribution in [0.1, 0.15) is 27.6 Å². The fraction of sp³-hybridized carbons (Fsp3) is 0.318. The maximum absolute atomic E-state index is 12.7. The minimum Gasteiger partial charge on any atom is -0.496 e. The quantitative estimate of drug-likeness (QED) is 0.483. The Morgan fingerprint density at radius 2 is 1.94 bits per heavy atom. The number of amides is 1. The highest BCUT2D eigenvalue weighted by molar-refractivity contribution is 7.80. The maximum Gasteiger partial charge on any atom is 0.338 e. The van der Waals surface area contributed by atoms with E-state index in [1.165, 1.54) is 13.2 Å². The van der Waals surface area contributed by atoms with E-state index in [0.717, 1.165) is 5.69 Å². The first-order valence-electron chi connectivity index (χ1n) is 10.0. The number of thiocarbonyl (C=S) groups is 1. The first-order valence-corrected chi connectivity index (χ1v) is 10.8. The summed E-state index contributed by atoms with van der Waals surface area (Å²) in [6.07, 6.45) is 0. The standard InChI is InChI=1S/C22H24ClN3O5S/c1-3-31-21(28)14-4-6-18(26-8-10-30-11-9-26)17(12-14)24-22(32)25-20(27)16-13-15(23)5-7-19(16)29-2/h4-7,12-13H,3,8-11H2,1-2H3,(H2,24,25,27,32). The first kappa shape index (κ1) is 23.8. The van der Waals surface area contributed by atoms with Crippen molar-refractivity contribution in [3.63, 3.8) is 0 Å². The van der Waals surface area contributed by atoms with Crippen LogP contribution in [-0.2, 0) is 9.47 Å². The summed E-state index contributed by atoms with van der Waals surface area (Å²) in [4.78, 5) is 27.1. The zero-order chi connectivity index (χ0) is 23.1. The average Bonchev–Trinajstić information content (AvgIpc) is 2.79. The van der Waals surface area contributed by atoms with E-state index in [9.17, 15) is 9.59 Å².